The molecule has 10 heteroatoms. The molecule has 30 heavy (non-hydrogen) atoms. The Morgan fingerprint density at radius 1 is 1.30 bits per heavy atom. The molecule has 2 atom stereocenters. The van der Waals surface area contributed by atoms with Crippen LogP contribution < -0.4 is 10.6 Å². The van der Waals surface area contributed by atoms with Crippen molar-refractivity contribution in [1.82, 2.24) is 9.88 Å². The van der Waals surface area contributed by atoms with Gasteiger partial charge in [-0.1, -0.05) is 0 Å². The normalized spacial score (nSPS) is 20.8. The van der Waals surface area contributed by atoms with Gasteiger partial charge in [0.15, 0.2) is 6.10 Å². The third kappa shape index (κ3) is 5.37. The van der Waals surface area contributed by atoms with Gasteiger partial charge in [0.2, 0.25) is 0 Å². The monoisotopic (exact) mass is 417 g/mol. The summed E-state index contributed by atoms with van der Waals surface area (Å²) in [5.74, 6) is 0.820. The van der Waals surface area contributed by atoms with E-state index in [0.717, 1.165) is 31.7 Å². The Hall–Kier alpha value is -2.90. The molecule has 162 valence electrons. The van der Waals surface area contributed by atoms with Crippen molar-refractivity contribution in [3.63, 3.8) is 0 Å². The molecule has 0 radical (unpaired) electrons. The number of rotatable bonds is 8. The molecule has 1 unspecified atom stereocenters. The number of hydrogen-bond acceptors (Lipinski definition) is 8. The lowest BCUT2D eigenvalue weighted by atomic mass is 10.0. The van der Waals surface area contributed by atoms with E-state index in [1.54, 1.807) is 12.3 Å². The molecule has 3 rings (SSSR count). The predicted molar refractivity (Wildman–Crippen MR) is 107 cm³/mol. The first-order valence-electron chi connectivity index (χ1n) is 10.00. The number of nitrogens with two attached hydrogens (primary N) is 1. The van der Waals surface area contributed by atoms with Gasteiger partial charge in [-0.05, 0) is 25.0 Å². The smallest absolute Gasteiger partial charge is 0.404 e. The first-order chi connectivity index (χ1) is 14.5. The number of anilines is 1. The summed E-state index contributed by atoms with van der Waals surface area (Å²) >= 11 is 0. The van der Waals surface area contributed by atoms with E-state index in [-0.39, 0.29) is 25.2 Å². The second-order valence-electron chi connectivity index (χ2n) is 7.39. The number of aromatic nitrogens is 1. The molecule has 0 aromatic carbocycles. The zero-order valence-corrected chi connectivity index (χ0v) is 17.0. The highest BCUT2D eigenvalue weighted by Gasteiger charge is 2.38. The van der Waals surface area contributed by atoms with Gasteiger partial charge in [-0.3, -0.25) is 4.79 Å². The Labute approximate surface area is 175 Å². The number of carbonyl (C=O) groups is 2. The zero-order valence-electron chi connectivity index (χ0n) is 17.0. The lowest BCUT2D eigenvalue weighted by molar-refractivity contribution is -0.141. The molecule has 2 N–H and O–H groups in total. The molecule has 1 aromatic rings. The van der Waals surface area contributed by atoms with Gasteiger partial charge >= 0.3 is 6.09 Å². The van der Waals surface area contributed by atoms with E-state index in [2.05, 4.69) is 16.0 Å². The van der Waals surface area contributed by atoms with Crippen LogP contribution in [0.5, 0.6) is 0 Å². The summed E-state index contributed by atoms with van der Waals surface area (Å²) in [6.07, 6.45) is 1.78. The van der Waals surface area contributed by atoms with Crippen LogP contribution in [0.25, 0.3) is 0 Å². The molecule has 0 spiro atoms. The molecule has 3 heterocycles. The zero-order chi connectivity index (χ0) is 21.5. The fraction of sp³-hybridized carbons (Fsp3) is 0.600. The number of nitrogens with zero attached hydrogens (tertiary/aromatic N) is 4. The van der Waals surface area contributed by atoms with Crippen LogP contribution in [0.1, 0.15) is 24.8 Å². The molecule has 2 aliphatic heterocycles. The molecule has 2 amide bonds. The minimum absolute atomic E-state index is 0.0276. The summed E-state index contributed by atoms with van der Waals surface area (Å²) in [5, 5.41) is 8.89. The highest BCUT2D eigenvalue weighted by Crippen LogP contribution is 2.26. The number of amides is 2. The van der Waals surface area contributed by atoms with Crippen molar-refractivity contribution in [3.8, 4) is 6.07 Å². The molecule has 10 nitrogen and oxygen atoms in total. The molecular formula is C20H27N5O5. The first-order valence-corrected chi connectivity index (χ1v) is 10.00. The molecule has 2 aliphatic rings. The van der Waals surface area contributed by atoms with Crippen molar-refractivity contribution in [3.05, 3.63) is 23.9 Å². The lowest BCUT2D eigenvalue weighted by Crippen LogP contribution is -2.47. The van der Waals surface area contributed by atoms with Crippen molar-refractivity contribution < 1.29 is 23.8 Å². The fourth-order valence-corrected chi connectivity index (χ4v) is 3.93. The van der Waals surface area contributed by atoms with Gasteiger partial charge in [0, 0.05) is 45.4 Å². The Morgan fingerprint density at radius 2 is 2.07 bits per heavy atom. The average Bonchev–Trinajstić information content (AvgIpc) is 3.12. The van der Waals surface area contributed by atoms with E-state index in [1.165, 1.54) is 7.11 Å². The summed E-state index contributed by atoms with van der Waals surface area (Å²) < 4.78 is 15.6. The summed E-state index contributed by atoms with van der Waals surface area (Å²) in [7, 11) is 1.49. The second kappa shape index (κ2) is 10.2. The summed E-state index contributed by atoms with van der Waals surface area (Å²) in [4.78, 5) is 32.2. The number of pyridine rings is 1. The second-order valence-corrected chi connectivity index (χ2v) is 7.39. The van der Waals surface area contributed by atoms with Crippen molar-refractivity contribution in [1.29, 1.82) is 5.26 Å². The quantitative estimate of drug-likeness (QED) is 0.652. The molecule has 0 saturated carbocycles. The topological polar surface area (TPSA) is 131 Å². The lowest BCUT2D eigenvalue weighted by Gasteiger charge is -2.37. The van der Waals surface area contributed by atoms with Crippen LogP contribution in [-0.2, 0) is 19.0 Å². The third-order valence-electron chi connectivity index (χ3n) is 5.42. The SMILES string of the molecule is COC[C@@H](COC1CCN(C2CCN(c3ccc(C#N)cn3)CC2)C1=O)OC(N)=O. The van der Waals surface area contributed by atoms with E-state index in [0.29, 0.717) is 18.5 Å². The van der Waals surface area contributed by atoms with Gasteiger partial charge < -0.3 is 29.7 Å². The predicted octanol–water partition coefficient (Wildman–Crippen LogP) is 0.650. The van der Waals surface area contributed by atoms with Crippen LogP contribution in [-0.4, -0.2) is 80.1 Å². The molecule has 0 aliphatic carbocycles. The number of primary amides is 1. The molecule has 1 aromatic heterocycles. The standard InChI is InChI=1S/C20H27N5O5/c1-28-12-16(30-20(22)27)13-29-17-6-9-25(19(17)26)15-4-7-24(8-5-15)18-3-2-14(10-21)11-23-18/h2-3,11,15-17H,4-9,12-13H2,1H3,(H2,22,27)/t16-,17?/m0/s1. The summed E-state index contributed by atoms with van der Waals surface area (Å²) in [5.41, 5.74) is 5.59. The number of hydrogen-bond donors (Lipinski definition) is 1. The van der Waals surface area contributed by atoms with Crippen LogP contribution in [0.4, 0.5) is 10.6 Å². The summed E-state index contributed by atoms with van der Waals surface area (Å²) in [6.45, 7) is 2.44. The maximum Gasteiger partial charge on any atom is 0.404 e. The number of carbonyl (C=O) groups excluding carboxylic acids is 2. The molecular weight excluding hydrogens is 390 g/mol. The van der Waals surface area contributed by atoms with Gasteiger partial charge in [0.1, 0.15) is 18.0 Å². The van der Waals surface area contributed by atoms with Gasteiger partial charge in [0.05, 0.1) is 18.8 Å². The average molecular weight is 417 g/mol. The Kier molecular flexibility index (Phi) is 7.43. The minimum Gasteiger partial charge on any atom is -0.441 e. The molecule has 2 saturated heterocycles. The van der Waals surface area contributed by atoms with Crippen LogP contribution >= 0.6 is 0 Å². The van der Waals surface area contributed by atoms with Crippen LogP contribution in [0, 0.1) is 11.3 Å². The van der Waals surface area contributed by atoms with Gasteiger partial charge in [-0.15, -0.1) is 0 Å². The number of likely N-dealkylation sites (tertiary alicyclic amines) is 1. The highest BCUT2D eigenvalue weighted by atomic mass is 16.6. The number of nitriles is 1. The van der Waals surface area contributed by atoms with E-state index in [1.807, 2.05) is 11.0 Å². The van der Waals surface area contributed by atoms with Gasteiger partial charge in [0.25, 0.3) is 5.91 Å². The Bertz CT molecular complexity index is 773. The maximum absolute atomic E-state index is 12.8. The molecule has 0 bridgehead atoms. The largest absolute Gasteiger partial charge is 0.441 e. The van der Waals surface area contributed by atoms with E-state index < -0.39 is 18.3 Å². The van der Waals surface area contributed by atoms with Crippen molar-refractivity contribution >= 4 is 17.8 Å². The van der Waals surface area contributed by atoms with Crippen LogP contribution in [0.15, 0.2) is 18.3 Å². The van der Waals surface area contributed by atoms with E-state index in [9.17, 15) is 9.59 Å². The van der Waals surface area contributed by atoms with Gasteiger partial charge in [-0.2, -0.15) is 5.26 Å². The fourth-order valence-electron chi connectivity index (χ4n) is 3.93. The Balaban J connectivity index is 1.48. The van der Waals surface area contributed by atoms with Crippen LogP contribution in [0.3, 0.4) is 0 Å². The first kappa shape index (κ1) is 21.8. The van der Waals surface area contributed by atoms with Crippen molar-refractivity contribution in [2.75, 3.05) is 44.9 Å². The van der Waals surface area contributed by atoms with Crippen LogP contribution in [0.2, 0.25) is 0 Å². The van der Waals surface area contributed by atoms with Crippen molar-refractivity contribution in [2.45, 2.75) is 37.5 Å². The highest BCUT2D eigenvalue weighted by molar-refractivity contribution is 5.83. The maximum atomic E-state index is 12.8. The van der Waals surface area contributed by atoms with E-state index in [4.69, 9.17) is 25.2 Å². The summed E-state index contributed by atoms with van der Waals surface area (Å²) in [6, 6.07) is 5.85. The number of piperidine rings is 1. The van der Waals surface area contributed by atoms with Gasteiger partial charge in [-0.25, -0.2) is 9.78 Å². The van der Waals surface area contributed by atoms with Crippen molar-refractivity contribution in [2.24, 2.45) is 5.73 Å². The van der Waals surface area contributed by atoms with E-state index >= 15 is 0 Å². The molecule has 2 fully saturated rings. The number of methoxy groups -OCH3 is 1. The Morgan fingerprint density at radius 3 is 2.67 bits per heavy atom. The minimum atomic E-state index is -0.900. The number of ether oxygens (including phenoxy) is 3. The third-order valence-corrected chi connectivity index (χ3v) is 5.42.